The summed E-state index contributed by atoms with van der Waals surface area (Å²) < 4.78 is 11.0. The van der Waals surface area contributed by atoms with Crippen molar-refractivity contribution in [3.8, 4) is 28.7 Å². The molecular weight excluding hydrogens is 304 g/mol. The van der Waals surface area contributed by atoms with Gasteiger partial charge in [0.1, 0.15) is 0 Å². The molecular formula is C18H14N4O2. The van der Waals surface area contributed by atoms with E-state index in [1.165, 1.54) is 0 Å². The lowest BCUT2D eigenvalue weighted by Gasteiger charge is -2.08. The number of pyridine rings is 2. The molecule has 0 fully saturated rings. The average Bonchev–Trinajstić information content (AvgIpc) is 3.12. The van der Waals surface area contributed by atoms with Gasteiger partial charge in [-0.2, -0.15) is 4.98 Å². The van der Waals surface area contributed by atoms with Gasteiger partial charge in [-0.05, 0) is 31.2 Å². The molecule has 0 aliphatic heterocycles. The molecule has 1 aromatic carbocycles. The van der Waals surface area contributed by atoms with Gasteiger partial charge in [0.15, 0.2) is 0 Å². The van der Waals surface area contributed by atoms with Crippen molar-refractivity contribution in [3.05, 3.63) is 54.9 Å². The molecule has 0 saturated carbocycles. The summed E-state index contributed by atoms with van der Waals surface area (Å²) >= 11 is 0. The van der Waals surface area contributed by atoms with Crippen LogP contribution in [0, 0.1) is 0 Å². The third-order valence-electron chi connectivity index (χ3n) is 3.56. The predicted octanol–water partition coefficient (Wildman–Crippen LogP) is 3.75. The normalized spacial score (nSPS) is 10.9. The maximum Gasteiger partial charge on any atom is 0.258 e. The molecule has 3 heterocycles. The standard InChI is InChI=1S/C18H14N4O2/c1-2-23-18-14(11-13-5-3-4-6-15(13)20-18)16-21-17(24-22-16)12-7-9-19-10-8-12/h3-11H,2H2,1H3. The smallest absolute Gasteiger partial charge is 0.258 e. The van der Waals surface area contributed by atoms with E-state index < -0.39 is 0 Å². The lowest BCUT2D eigenvalue weighted by atomic mass is 10.1. The Hall–Kier alpha value is -3.28. The van der Waals surface area contributed by atoms with Crippen LogP contribution in [0.4, 0.5) is 0 Å². The Balaban J connectivity index is 1.83. The molecule has 0 aliphatic rings. The summed E-state index contributed by atoms with van der Waals surface area (Å²) in [4.78, 5) is 13.0. The van der Waals surface area contributed by atoms with Crippen LogP contribution >= 0.6 is 0 Å². The first-order chi connectivity index (χ1) is 11.8. The van der Waals surface area contributed by atoms with Crippen LogP contribution in [0.2, 0.25) is 0 Å². The molecule has 3 aromatic heterocycles. The molecule has 24 heavy (non-hydrogen) atoms. The largest absolute Gasteiger partial charge is 0.477 e. The summed E-state index contributed by atoms with van der Waals surface area (Å²) in [5, 5.41) is 5.08. The van der Waals surface area contributed by atoms with Gasteiger partial charge in [-0.1, -0.05) is 23.4 Å². The van der Waals surface area contributed by atoms with Crippen LogP contribution in [0.1, 0.15) is 6.92 Å². The molecule has 0 aliphatic carbocycles. The molecule has 0 unspecified atom stereocenters. The Labute approximate surface area is 138 Å². The van der Waals surface area contributed by atoms with Gasteiger partial charge >= 0.3 is 0 Å². The Bertz CT molecular complexity index is 983. The minimum absolute atomic E-state index is 0.433. The maximum atomic E-state index is 5.67. The van der Waals surface area contributed by atoms with Gasteiger partial charge in [-0.25, -0.2) is 4.98 Å². The molecule has 4 aromatic rings. The second kappa shape index (κ2) is 6.08. The van der Waals surface area contributed by atoms with Gasteiger partial charge in [0.05, 0.1) is 17.7 Å². The van der Waals surface area contributed by atoms with Crippen molar-refractivity contribution in [1.29, 1.82) is 0 Å². The Morgan fingerprint density at radius 2 is 1.88 bits per heavy atom. The van der Waals surface area contributed by atoms with Crippen molar-refractivity contribution in [2.24, 2.45) is 0 Å². The molecule has 6 heteroatoms. The summed E-state index contributed by atoms with van der Waals surface area (Å²) in [6.45, 7) is 2.42. The molecule has 6 nitrogen and oxygen atoms in total. The highest BCUT2D eigenvalue weighted by Crippen LogP contribution is 2.31. The van der Waals surface area contributed by atoms with Crippen LogP contribution in [-0.4, -0.2) is 26.7 Å². The van der Waals surface area contributed by atoms with Gasteiger partial charge in [-0.3, -0.25) is 4.98 Å². The van der Waals surface area contributed by atoms with Crippen LogP contribution in [0.15, 0.2) is 59.4 Å². The summed E-state index contributed by atoms with van der Waals surface area (Å²) in [6.07, 6.45) is 3.37. The first kappa shape index (κ1) is 14.3. The highest BCUT2D eigenvalue weighted by molar-refractivity contribution is 5.84. The summed E-state index contributed by atoms with van der Waals surface area (Å²) in [5.74, 6) is 1.38. The third kappa shape index (κ3) is 2.58. The first-order valence-electron chi connectivity index (χ1n) is 7.62. The number of fused-ring (bicyclic) bond motifs is 1. The zero-order chi connectivity index (χ0) is 16.4. The first-order valence-corrected chi connectivity index (χ1v) is 7.62. The fourth-order valence-electron chi connectivity index (χ4n) is 2.45. The van der Waals surface area contributed by atoms with E-state index >= 15 is 0 Å². The van der Waals surface area contributed by atoms with E-state index in [2.05, 4.69) is 20.1 Å². The van der Waals surface area contributed by atoms with Crippen LogP contribution in [0.25, 0.3) is 33.7 Å². The van der Waals surface area contributed by atoms with Crippen LogP contribution in [0.5, 0.6) is 5.88 Å². The van der Waals surface area contributed by atoms with E-state index in [0.29, 0.717) is 29.8 Å². The van der Waals surface area contributed by atoms with Gasteiger partial charge in [0.25, 0.3) is 5.89 Å². The van der Waals surface area contributed by atoms with Crippen molar-refractivity contribution in [1.82, 2.24) is 20.1 Å². The quantitative estimate of drug-likeness (QED) is 0.570. The Kier molecular flexibility index (Phi) is 3.63. The van der Waals surface area contributed by atoms with Gasteiger partial charge in [0.2, 0.25) is 11.7 Å². The number of benzene rings is 1. The van der Waals surface area contributed by atoms with Gasteiger partial charge in [0, 0.05) is 23.3 Å². The number of rotatable bonds is 4. The maximum absolute atomic E-state index is 5.67. The molecule has 4 rings (SSSR count). The van der Waals surface area contributed by atoms with E-state index in [0.717, 1.165) is 16.5 Å². The molecule has 0 N–H and O–H groups in total. The van der Waals surface area contributed by atoms with Crippen LogP contribution in [-0.2, 0) is 0 Å². The molecule has 0 spiro atoms. The average molecular weight is 318 g/mol. The van der Waals surface area contributed by atoms with Crippen molar-refractivity contribution >= 4 is 10.9 Å². The van der Waals surface area contributed by atoms with E-state index in [-0.39, 0.29) is 0 Å². The predicted molar refractivity (Wildman–Crippen MR) is 89.4 cm³/mol. The highest BCUT2D eigenvalue weighted by Gasteiger charge is 2.17. The second-order valence-electron chi connectivity index (χ2n) is 5.13. The number of ether oxygens (including phenoxy) is 1. The number of para-hydroxylation sites is 1. The fourth-order valence-corrected chi connectivity index (χ4v) is 2.45. The number of nitrogens with zero attached hydrogens (tertiary/aromatic N) is 4. The molecule has 0 atom stereocenters. The SMILES string of the molecule is CCOc1nc2ccccc2cc1-c1noc(-c2ccncc2)n1. The minimum Gasteiger partial charge on any atom is -0.477 e. The zero-order valence-corrected chi connectivity index (χ0v) is 13.0. The van der Waals surface area contributed by atoms with Crippen molar-refractivity contribution in [2.75, 3.05) is 6.61 Å². The van der Waals surface area contributed by atoms with Gasteiger partial charge in [-0.15, -0.1) is 0 Å². The Morgan fingerprint density at radius 1 is 1.04 bits per heavy atom. The van der Waals surface area contributed by atoms with Crippen molar-refractivity contribution in [2.45, 2.75) is 6.92 Å². The van der Waals surface area contributed by atoms with E-state index in [4.69, 9.17) is 9.26 Å². The number of hydrogen-bond acceptors (Lipinski definition) is 6. The topological polar surface area (TPSA) is 73.9 Å². The van der Waals surface area contributed by atoms with Crippen molar-refractivity contribution in [3.63, 3.8) is 0 Å². The van der Waals surface area contributed by atoms with E-state index in [1.54, 1.807) is 12.4 Å². The number of aromatic nitrogens is 4. The van der Waals surface area contributed by atoms with Crippen LogP contribution < -0.4 is 4.74 Å². The molecule has 118 valence electrons. The Morgan fingerprint density at radius 3 is 2.71 bits per heavy atom. The van der Waals surface area contributed by atoms with Crippen molar-refractivity contribution < 1.29 is 9.26 Å². The van der Waals surface area contributed by atoms with Gasteiger partial charge < -0.3 is 9.26 Å². The molecule has 0 saturated heterocycles. The molecule has 0 amide bonds. The summed E-state index contributed by atoms with van der Waals surface area (Å²) in [7, 11) is 0. The lowest BCUT2D eigenvalue weighted by Crippen LogP contribution is -1.98. The third-order valence-corrected chi connectivity index (χ3v) is 3.56. The second-order valence-corrected chi connectivity index (χ2v) is 5.13. The minimum atomic E-state index is 0.433. The fraction of sp³-hybridized carbons (Fsp3) is 0.111. The zero-order valence-electron chi connectivity index (χ0n) is 13.0. The highest BCUT2D eigenvalue weighted by atomic mass is 16.5. The van der Waals surface area contributed by atoms with Crippen LogP contribution in [0.3, 0.4) is 0 Å². The molecule has 0 bridgehead atoms. The van der Waals surface area contributed by atoms with E-state index in [9.17, 15) is 0 Å². The summed E-state index contributed by atoms with van der Waals surface area (Å²) in [6, 6.07) is 13.5. The number of hydrogen-bond donors (Lipinski definition) is 0. The summed E-state index contributed by atoms with van der Waals surface area (Å²) in [5.41, 5.74) is 2.39. The monoisotopic (exact) mass is 318 g/mol. The lowest BCUT2D eigenvalue weighted by molar-refractivity contribution is 0.329. The molecule has 0 radical (unpaired) electrons. The van der Waals surface area contributed by atoms with E-state index in [1.807, 2.05) is 49.4 Å².